The van der Waals surface area contributed by atoms with Crippen LogP contribution in [0.5, 0.6) is 0 Å². The van der Waals surface area contributed by atoms with Crippen molar-refractivity contribution in [2.24, 2.45) is 4.99 Å². The van der Waals surface area contributed by atoms with Crippen molar-refractivity contribution in [2.75, 3.05) is 6.54 Å². The summed E-state index contributed by atoms with van der Waals surface area (Å²) < 4.78 is 20.7. The average Bonchev–Trinajstić information content (AvgIpc) is 3.58. The predicted molar refractivity (Wildman–Crippen MR) is 140 cm³/mol. The van der Waals surface area contributed by atoms with Crippen molar-refractivity contribution in [2.45, 2.75) is 25.7 Å². The van der Waals surface area contributed by atoms with E-state index in [1.54, 1.807) is 24.0 Å². The van der Waals surface area contributed by atoms with Gasteiger partial charge in [-0.05, 0) is 73.5 Å². The number of hydrogen-bond acceptors (Lipinski definition) is 5. The van der Waals surface area contributed by atoms with E-state index in [4.69, 9.17) is 14.9 Å². The molecule has 0 radical (unpaired) electrons. The normalized spacial score (nSPS) is 18.4. The van der Waals surface area contributed by atoms with Crippen LogP contribution in [0.25, 0.3) is 23.0 Å². The van der Waals surface area contributed by atoms with E-state index in [0.717, 1.165) is 20.9 Å². The summed E-state index contributed by atoms with van der Waals surface area (Å²) in [6.07, 6.45) is 0.583. The van der Waals surface area contributed by atoms with Crippen molar-refractivity contribution in [3.8, 4) is 16.9 Å². The molecule has 1 fully saturated rings. The summed E-state index contributed by atoms with van der Waals surface area (Å²) in [5.41, 5.74) is 3.27. The lowest BCUT2D eigenvalue weighted by Gasteiger charge is -2.22. The van der Waals surface area contributed by atoms with Gasteiger partial charge in [0, 0.05) is 27.9 Å². The maximum absolute atomic E-state index is 13.7. The van der Waals surface area contributed by atoms with Crippen molar-refractivity contribution in [3.63, 3.8) is 0 Å². The molecule has 0 N–H and O–H groups in total. The SMILES string of the molecule is C[C@@H]1O[C@H](c2nn(-c3ccc(Br)cc3)nc2-c2ccc(F)cc2)N(CCc2ccc3c(c2)=NC(=O)C=3)C1=O. The van der Waals surface area contributed by atoms with E-state index in [1.165, 1.54) is 23.0 Å². The molecule has 4 aromatic rings. The van der Waals surface area contributed by atoms with E-state index < -0.39 is 12.3 Å². The van der Waals surface area contributed by atoms with Gasteiger partial charge in [-0.2, -0.15) is 4.80 Å². The lowest BCUT2D eigenvalue weighted by atomic mass is 10.1. The molecule has 2 amide bonds. The van der Waals surface area contributed by atoms with Crippen LogP contribution in [0.2, 0.25) is 0 Å². The molecule has 8 nitrogen and oxygen atoms in total. The number of nitrogens with zero attached hydrogens (tertiary/aromatic N) is 5. The van der Waals surface area contributed by atoms with Gasteiger partial charge < -0.3 is 9.64 Å². The third kappa shape index (κ3) is 4.57. The maximum atomic E-state index is 13.7. The van der Waals surface area contributed by atoms with Gasteiger partial charge in [0.2, 0.25) is 0 Å². The quantitative estimate of drug-likeness (QED) is 0.353. The topological polar surface area (TPSA) is 89.7 Å². The van der Waals surface area contributed by atoms with Gasteiger partial charge in [-0.1, -0.05) is 28.1 Å². The molecule has 6 rings (SSSR count). The highest BCUT2D eigenvalue weighted by Gasteiger charge is 2.41. The second-order valence-corrected chi connectivity index (χ2v) is 10.0. The van der Waals surface area contributed by atoms with Crippen LogP contribution in [0.15, 0.2) is 76.2 Å². The lowest BCUT2D eigenvalue weighted by molar-refractivity contribution is -0.130. The molecule has 0 bridgehead atoms. The number of rotatable bonds is 6. The zero-order chi connectivity index (χ0) is 26.4. The fraction of sp³-hybridized carbons (Fsp3) is 0.179. The van der Waals surface area contributed by atoms with E-state index in [1.807, 2.05) is 42.5 Å². The van der Waals surface area contributed by atoms with E-state index >= 15 is 0 Å². The number of fused-ring (bicyclic) bond motifs is 1. The first-order chi connectivity index (χ1) is 18.4. The Labute approximate surface area is 225 Å². The van der Waals surface area contributed by atoms with Gasteiger partial charge in [0.25, 0.3) is 11.8 Å². The highest BCUT2D eigenvalue weighted by Crippen LogP contribution is 2.36. The number of aromatic nitrogens is 3. The Morgan fingerprint density at radius 3 is 2.53 bits per heavy atom. The van der Waals surface area contributed by atoms with Gasteiger partial charge in [-0.3, -0.25) is 9.59 Å². The summed E-state index contributed by atoms with van der Waals surface area (Å²) in [6, 6.07) is 19.1. The highest BCUT2D eigenvalue weighted by molar-refractivity contribution is 9.10. The first-order valence-electron chi connectivity index (χ1n) is 12.0. The number of amides is 2. The molecule has 0 spiro atoms. The maximum Gasteiger partial charge on any atom is 0.270 e. The van der Waals surface area contributed by atoms with Gasteiger partial charge in [0.1, 0.15) is 23.3 Å². The van der Waals surface area contributed by atoms with E-state index in [9.17, 15) is 14.0 Å². The number of benzene rings is 3. The third-order valence-corrected chi connectivity index (χ3v) is 7.07. The number of ether oxygens (including phenoxy) is 1. The molecule has 2 aliphatic heterocycles. The van der Waals surface area contributed by atoms with E-state index in [-0.39, 0.29) is 17.6 Å². The smallest absolute Gasteiger partial charge is 0.270 e. The Morgan fingerprint density at radius 1 is 1.00 bits per heavy atom. The molecule has 1 aromatic heterocycles. The van der Waals surface area contributed by atoms with E-state index in [2.05, 4.69) is 20.9 Å². The molecule has 10 heteroatoms. The summed E-state index contributed by atoms with van der Waals surface area (Å²) in [6.45, 7) is 2.07. The van der Waals surface area contributed by atoms with Crippen molar-refractivity contribution >= 4 is 33.8 Å². The molecule has 0 saturated carbocycles. The van der Waals surface area contributed by atoms with Crippen molar-refractivity contribution < 1.29 is 18.7 Å². The van der Waals surface area contributed by atoms with Crippen LogP contribution in [-0.4, -0.2) is 44.4 Å². The van der Waals surface area contributed by atoms with Crippen molar-refractivity contribution in [3.05, 3.63) is 98.9 Å². The van der Waals surface area contributed by atoms with Crippen LogP contribution in [-0.2, 0) is 20.7 Å². The minimum atomic E-state index is -0.782. The second kappa shape index (κ2) is 9.70. The molecule has 3 aromatic carbocycles. The van der Waals surface area contributed by atoms with Crippen LogP contribution in [0, 0.1) is 5.82 Å². The standard InChI is InChI=1S/C28H21BrFN5O3/c1-16-27(37)34(13-12-17-2-3-19-15-24(36)31-23(19)14-17)28(38-16)26-25(18-4-8-21(30)9-5-18)32-35(33-26)22-10-6-20(29)7-11-22/h2-11,14-16,28H,12-13H2,1H3/t16-,28+/m0/s1. The zero-order valence-electron chi connectivity index (χ0n) is 20.2. The molecule has 2 aliphatic rings. The third-order valence-electron chi connectivity index (χ3n) is 6.54. The largest absolute Gasteiger partial charge is 0.339 e. The molecule has 0 aliphatic carbocycles. The van der Waals surface area contributed by atoms with Crippen molar-refractivity contribution in [1.82, 2.24) is 19.9 Å². The first-order valence-corrected chi connectivity index (χ1v) is 12.8. The van der Waals surface area contributed by atoms with Gasteiger partial charge in [0.05, 0.1) is 11.0 Å². The molecular formula is C28H21BrFN5O3. The van der Waals surface area contributed by atoms with Crippen LogP contribution >= 0.6 is 15.9 Å². The van der Waals surface area contributed by atoms with Crippen LogP contribution in [0.4, 0.5) is 4.39 Å². The Bertz CT molecular complexity index is 1690. The second-order valence-electron chi connectivity index (χ2n) is 9.11. The van der Waals surface area contributed by atoms with Gasteiger partial charge in [0.15, 0.2) is 6.23 Å². The molecule has 190 valence electrons. The van der Waals surface area contributed by atoms with Crippen LogP contribution in [0.3, 0.4) is 0 Å². The van der Waals surface area contributed by atoms with Gasteiger partial charge in [-0.25, -0.2) is 9.38 Å². The first kappa shape index (κ1) is 24.3. The number of halogens is 2. The summed E-state index contributed by atoms with van der Waals surface area (Å²) in [5, 5.41) is 10.9. The van der Waals surface area contributed by atoms with Gasteiger partial charge in [-0.15, -0.1) is 10.2 Å². The Balaban J connectivity index is 1.36. The summed E-state index contributed by atoms with van der Waals surface area (Å²) in [4.78, 5) is 31.9. The summed E-state index contributed by atoms with van der Waals surface area (Å²) in [5.74, 6) is -0.789. The van der Waals surface area contributed by atoms with Crippen molar-refractivity contribution in [1.29, 1.82) is 0 Å². The lowest BCUT2D eigenvalue weighted by Crippen LogP contribution is -2.33. The van der Waals surface area contributed by atoms with Crippen LogP contribution in [0.1, 0.15) is 24.4 Å². The van der Waals surface area contributed by atoms with Crippen LogP contribution < -0.4 is 10.6 Å². The number of carbonyl (C=O) groups excluding carboxylic acids is 2. The minimum Gasteiger partial charge on any atom is -0.339 e. The highest BCUT2D eigenvalue weighted by atomic mass is 79.9. The zero-order valence-corrected chi connectivity index (χ0v) is 21.8. The monoisotopic (exact) mass is 573 g/mol. The van der Waals surface area contributed by atoms with Gasteiger partial charge >= 0.3 is 0 Å². The molecule has 1 saturated heterocycles. The number of hydrogen-bond donors (Lipinski definition) is 0. The average molecular weight is 574 g/mol. The fourth-order valence-corrected chi connectivity index (χ4v) is 4.86. The molecule has 2 atom stereocenters. The Morgan fingerprint density at radius 2 is 1.76 bits per heavy atom. The summed E-state index contributed by atoms with van der Waals surface area (Å²) in [7, 11) is 0. The molecule has 0 unspecified atom stereocenters. The minimum absolute atomic E-state index is 0.160. The molecular weight excluding hydrogens is 553 g/mol. The predicted octanol–water partition coefficient (Wildman–Crippen LogP) is 3.26. The Kier molecular flexibility index (Phi) is 6.21. The summed E-state index contributed by atoms with van der Waals surface area (Å²) >= 11 is 3.44. The Hall–Kier alpha value is -4.02. The number of carbonyl (C=O) groups is 2. The van der Waals surface area contributed by atoms with E-state index in [0.29, 0.717) is 35.3 Å². The molecule has 38 heavy (non-hydrogen) atoms. The molecule has 3 heterocycles. The fourth-order valence-electron chi connectivity index (χ4n) is 4.60.